The lowest BCUT2D eigenvalue weighted by molar-refractivity contribution is -0.133. The molecule has 0 heterocycles. The number of hydrogen-bond donors (Lipinski definition) is 2. The van der Waals surface area contributed by atoms with Crippen LogP contribution in [0.25, 0.3) is 0 Å². The summed E-state index contributed by atoms with van der Waals surface area (Å²) in [7, 11) is 0. The Labute approximate surface area is 151 Å². The summed E-state index contributed by atoms with van der Waals surface area (Å²) in [6.07, 6.45) is 0.282. The van der Waals surface area contributed by atoms with E-state index < -0.39 is 5.97 Å². The van der Waals surface area contributed by atoms with Crippen molar-refractivity contribution < 1.29 is 19.4 Å². The van der Waals surface area contributed by atoms with Crippen LogP contribution >= 0.6 is 11.8 Å². The lowest BCUT2D eigenvalue weighted by Gasteiger charge is -2.08. The minimum Gasteiger partial charge on any atom is -0.494 e. The molecule has 2 rings (SSSR count). The van der Waals surface area contributed by atoms with E-state index in [-0.39, 0.29) is 18.1 Å². The van der Waals surface area contributed by atoms with Gasteiger partial charge in [0, 0.05) is 11.4 Å². The molecule has 25 heavy (non-hydrogen) atoms. The first-order valence-electron chi connectivity index (χ1n) is 7.97. The highest BCUT2D eigenvalue weighted by atomic mass is 32.2. The Bertz CT molecular complexity index is 716. The summed E-state index contributed by atoms with van der Waals surface area (Å²) >= 11 is 1.33. The van der Waals surface area contributed by atoms with E-state index >= 15 is 0 Å². The topological polar surface area (TPSA) is 75.6 Å². The van der Waals surface area contributed by atoms with Crippen molar-refractivity contribution in [3.8, 4) is 5.75 Å². The third-order valence-electron chi connectivity index (χ3n) is 3.30. The summed E-state index contributed by atoms with van der Waals surface area (Å²) in [5.41, 5.74) is 2.60. The molecule has 2 aromatic carbocycles. The zero-order valence-electron chi connectivity index (χ0n) is 14.0. The standard InChI is InChI=1S/C19H21NO4S/c1-2-24-17-8-6-14(7-9-17)11-18(21)20-16-5-3-4-15(10-16)12-25-13-19(22)23/h3-10H,2,11-13H2,1H3,(H,20,21)(H,22,23). The Kier molecular flexibility index (Phi) is 7.35. The highest BCUT2D eigenvalue weighted by molar-refractivity contribution is 7.99. The van der Waals surface area contributed by atoms with Gasteiger partial charge in [0.1, 0.15) is 5.75 Å². The normalized spacial score (nSPS) is 10.3. The average Bonchev–Trinajstić information content (AvgIpc) is 2.57. The van der Waals surface area contributed by atoms with Crippen molar-refractivity contribution in [1.82, 2.24) is 0 Å². The van der Waals surface area contributed by atoms with Crippen LogP contribution in [0.2, 0.25) is 0 Å². The van der Waals surface area contributed by atoms with Gasteiger partial charge in [-0.25, -0.2) is 0 Å². The molecule has 0 aliphatic carbocycles. The number of amides is 1. The fourth-order valence-corrected chi connectivity index (χ4v) is 2.95. The van der Waals surface area contributed by atoms with Crippen molar-refractivity contribution >= 4 is 29.3 Å². The van der Waals surface area contributed by atoms with Crippen LogP contribution in [0, 0.1) is 0 Å². The van der Waals surface area contributed by atoms with Crippen molar-refractivity contribution in [3.05, 3.63) is 59.7 Å². The second-order valence-corrected chi connectivity index (χ2v) is 6.37. The van der Waals surface area contributed by atoms with Crippen LogP contribution in [0.3, 0.4) is 0 Å². The molecule has 0 bridgehead atoms. The van der Waals surface area contributed by atoms with Crippen LogP contribution in [0.4, 0.5) is 5.69 Å². The van der Waals surface area contributed by atoms with E-state index in [0.717, 1.165) is 16.9 Å². The van der Waals surface area contributed by atoms with Gasteiger partial charge in [-0.2, -0.15) is 0 Å². The highest BCUT2D eigenvalue weighted by Crippen LogP contribution is 2.17. The van der Waals surface area contributed by atoms with E-state index in [4.69, 9.17) is 9.84 Å². The first-order chi connectivity index (χ1) is 12.1. The molecule has 0 radical (unpaired) electrons. The quantitative estimate of drug-likeness (QED) is 0.716. The fraction of sp³-hybridized carbons (Fsp3) is 0.263. The molecule has 0 aliphatic rings. The zero-order valence-corrected chi connectivity index (χ0v) is 14.8. The number of aliphatic carboxylic acids is 1. The molecule has 0 saturated heterocycles. The first-order valence-corrected chi connectivity index (χ1v) is 9.12. The molecule has 0 saturated carbocycles. The summed E-state index contributed by atoms with van der Waals surface area (Å²) in [6, 6.07) is 14.9. The smallest absolute Gasteiger partial charge is 0.313 e. The summed E-state index contributed by atoms with van der Waals surface area (Å²) in [4.78, 5) is 22.7. The lowest BCUT2D eigenvalue weighted by Crippen LogP contribution is -2.14. The van der Waals surface area contributed by atoms with Gasteiger partial charge in [-0.05, 0) is 42.3 Å². The number of carbonyl (C=O) groups is 2. The van der Waals surface area contributed by atoms with Gasteiger partial charge in [0.05, 0.1) is 18.8 Å². The number of carboxylic acid groups (broad SMARTS) is 1. The Morgan fingerprint density at radius 2 is 1.88 bits per heavy atom. The Morgan fingerprint density at radius 1 is 1.12 bits per heavy atom. The number of nitrogens with one attached hydrogen (secondary N) is 1. The molecule has 0 aliphatic heterocycles. The van der Waals surface area contributed by atoms with Gasteiger partial charge in [-0.15, -0.1) is 11.8 Å². The summed E-state index contributed by atoms with van der Waals surface area (Å²) in [5.74, 6) is 0.519. The molecule has 132 valence electrons. The number of anilines is 1. The number of carbonyl (C=O) groups excluding carboxylic acids is 1. The highest BCUT2D eigenvalue weighted by Gasteiger charge is 2.06. The maximum atomic E-state index is 12.2. The molecule has 6 heteroatoms. The lowest BCUT2D eigenvalue weighted by atomic mass is 10.1. The Hall–Kier alpha value is -2.47. The average molecular weight is 359 g/mol. The molecule has 5 nitrogen and oxygen atoms in total. The van der Waals surface area contributed by atoms with Gasteiger partial charge in [0.2, 0.25) is 5.91 Å². The minimum atomic E-state index is -0.829. The number of hydrogen-bond acceptors (Lipinski definition) is 4. The molecule has 2 aromatic rings. The maximum absolute atomic E-state index is 12.2. The Balaban J connectivity index is 1.88. The third kappa shape index (κ3) is 6.89. The largest absolute Gasteiger partial charge is 0.494 e. The number of thioether (sulfide) groups is 1. The predicted molar refractivity (Wildman–Crippen MR) is 100 cm³/mol. The monoisotopic (exact) mass is 359 g/mol. The predicted octanol–water partition coefficient (Wildman–Crippen LogP) is 3.58. The van der Waals surface area contributed by atoms with E-state index in [2.05, 4.69) is 5.32 Å². The van der Waals surface area contributed by atoms with Gasteiger partial charge in [0.25, 0.3) is 0 Å². The molecule has 0 fully saturated rings. The third-order valence-corrected chi connectivity index (χ3v) is 4.29. The van der Waals surface area contributed by atoms with Crippen LogP contribution < -0.4 is 10.1 Å². The van der Waals surface area contributed by atoms with E-state index in [1.165, 1.54) is 11.8 Å². The molecule has 0 atom stereocenters. The second kappa shape index (κ2) is 9.74. The molecular weight excluding hydrogens is 338 g/mol. The van der Waals surface area contributed by atoms with E-state index in [1.807, 2.05) is 55.5 Å². The van der Waals surface area contributed by atoms with Crippen LogP contribution in [-0.4, -0.2) is 29.3 Å². The number of benzene rings is 2. The number of carboxylic acids is 1. The molecular formula is C19H21NO4S. The van der Waals surface area contributed by atoms with E-state index in [9.17, 15) is 9.59 Å². The minimum absolute atomic E-state index is 0.0638. The van der Waals surface area contributed by atoms with Gasteiger partial charge < -0.3 is 15.2 Å². The van der Waals surface area contributed by atoms with Gasteiger partial charge in [0.15, 0.2) is 0 Å². The SMILES string of the molecule is CCOc1ccc(CC(=O)Nc2cccc(CSCC(=O)O)c2)cc1. The van der Waals surface area contributed by atoms with Crippen molar-refractivity contribution in [1.29, 1.82) is 0 Å². The van der Waals surface area contributed by atoms with Crippen LogP contribution in [0.15, 0.2) is 48.5 Å². The van der Waals surface area contributed by atoms with Crippen molar-refractivity contribution in [2.45, 2.75) is 19.1 Å². The number of ether oxygens (including phenoxy) is 1. The summed E-state index contributed by atoms with van der Waals surface area (Å²) in [6.45, 7) is 2.54. The zero-order chi connectivity index (χ0) is 18.1. The van der Waals surface area contributed by atoms with Crippen LogP contribution in [0.1, 0.15) is 18.1 Å². The van der Waals surface area contributed by atoms with Gasteiger partial charge in [-0.1, -0.05) is 24.3 Å². The second-order valence-electron chi connectivity index (χ2n) is 5.39. The number of rotatable bonds is 9. The molecule has 0 unspecified atom stereocenters. The summed E-state index contributed by atoms with van der Waals surface area (Å²) in [5, 5.41) is 11.5. The van der Waals surface area contributed by atoms with Gasteiger partial charge >= 0.3 is 5.97 Å². The van der Waals surface area contributed by atoms with Crippen molar-refractivity contribution in [2.24, 2.45) is 0 Å². The van der Waals surface area contributed by atoms with Crippen molar-refractivity contribution in [2.75, 3.05) is 17.7 Å². The molecule has 2 N–H and O–H groups in total. The van der Waals surface area contributed by atoms with Crippen LogP contribution in [0.5, 0.6) is 5.75 Å². The molecule has 0 spiro atoms. The fourth-order valence-electron chi connectivity index (χ4n) is 2.26. The maximum Gasteiger partial charge on any atom is 0.313 e. The first kappa shape index (κ1) is 18.9. The van der Waals surface area contributed by atoms with Crippen LogP contribution in [-0.2, 0) is 21.8 Å². The molecule has 1 amide bonds. The Morgan fingerprint density at radius 3 is 2.56 bits per heavy atom. The van der Waals surface area contributed by atoms with Crippen molar-refractivity contribution in [3.63, 3.8) is 0 Å². The molecule has 0 aromatic heterocycles. The summed E-state index contributed by atoms with van der Waals surface area (Å²) < 4.78 is 5.38. The van der Waals surface area contributed by atoms with Gasteiger partial charge in [-0.3, -0.25) is 9.59 Å². The van der Waals surface area contributed by atoms with E-state index in [0.29, 0.717) is 18.0 Å². The van der Waals surface area contributed by atoms with E-state index in [1.54, 1.807) is 0 Å².